The van der Waals surface area contributed by atoms with E-state index in [0.717, 1.165) is 5.56 Å². The van der Waals surface area contributed by atoms with Crippen molar-refractivity contribution in [2.45, 2.75) is 13.8 Å². The molecule has 2 rings (SSSR count). The summed E-state index contributed by atoms with van der Waals surface area (Å²) in [6, 6.07) is 16.8. The summed E-state index contributed by atoms with van der Waals surface area (Å²) in [5.41, 5.74) is 6.26. The molecule has 0 heteroatoms. The molecule has 0 amide bonds. The number of aryl methyl sites for hydroxylation is 1. The van der Waals surface area contributed by atoms with Gasteiger partial charge >= 0.3 is 0 Å². The van der Waals surface area contributed by atoms with Crippen molar-refractivity contribution in [2.24, 2.45) is 0 Å². The lowest BCUT2D eigenvalue weighted by molar-refractivity contribution is 1.40. The van der Waals surface area contributed by atoms with Crippen LogP contribution in [0.5, 0.6) is 0 Å². The van der Waals surface area contributed by atoms with Crippen LogP contribution in [0.3, 0.4) is 0 Å². The van der Waals surface area contributed by atoms with E-state index < -0.39 is 0 Å². The maximum atomic E-state index is 3.83. The zero-order chi connectivity index (χ0) is 13.0. The van der Waals surface area contributed by atoms with Crippen molar-refractivity contribution in [3.63, 3.8) is 0 Å². The Balaban J connectivity index is 2.42. The lowest BCUT2D eigenvalue weighted by Gasteiger charge is -2.08. The number of hydrogen-bond donors (Lipinski definition) is 0. The summed E-state index contributed by atoms with van der Waals surface area (Å²) in [7, 11) is 0. The molecule has 0 saturated carbocycles. The first-order chi connectivity index (χ1) is 8.70. The van der Waals surface area contributed by atoms with Gasteiger partial charge in [0, 0.05) is 0 Å². The highest BCUT2D eigenvalue weighted by Gasteiger charge is 2.01. The smallest absolute Gasteiger partial charge is 0.0192 e. The van der Waals surface area contributed by atoms with Crippen molar-refractivity contribution in [3.05, 3.63) is 77.4 Å². The van der Waals surface area contributed by atoms with E-state index in [0.29, 0.717) is 0 Å². The lowest BCUT2D eigenvalue weighted by Crippen LogP contribution is -1.87. The van der Waals surface area contributed by atoms with Gasteiger partial charge in [-0.1, -0.05) is 61.2 Å². The number of hydrogen-bond acceptors (Lipinski definition) is 0. The first-order valence-electron chi connectivity index (χ1n) is 6.17. The van der Waals surface area contributed by atoms with Gasteiger partial charge in [0.25, 0.3) is 0 Å². The molecule has 0 N–H and O–H groups in total. The molecule has 0 spiro atoms. The summed E-state index contributed by atoms with van der Waals surface area (Å²) in [5, 5.41) is 0. The normalized spacial score (nSPS) is 11.3. The van der Waals surface area contributed by atoms with Crippen molar-refractivity contribution in [1.82, 2.24) is 0 Å². The minimum Gasteiger partial charge on any atom is -0.0985 e. The van der Waals surface area contributed by atoms with Crippen LogP contribution >= 0.6 is 0 Å². The van der Waals surface area contributed by atoms with E-state index in [1.807, 2.05) is 12.1 Å². The molecule has 0 aromatic heterocycles. The van der Waals surface area contributed by atoms with Crippen molar-refractivity contribution >= 4 is 17.7 Å². The number of allylic oxidation sites excluding steroid dienone is 1. The van der Waals surface area contributed by atoms with Crippen LogP contribution in [0.4, 0.5) is 0 Å². The molecule has 0 aliphatic carbocycles. The minimum atomic E-state index is 1.16. The Hall–Kier alpha value is -2.08. The van der Waals surface area contributed by atoms with Crippen LogP contribution in [0.1, 0.15) is 29.2 Å². The van der Waals surface area contributed by atoms with E-state index in [1.165, 1.54) is 22.3 Å². The van der Waals surface area contributed by atoms with Gasteiger partial charge in [0.2, 0.25) is 0 Å². The fraction of sp³-hybridized carbons (Fsp3) is 0.111. The first kappa shape index (κ1) is 12.4. The monoisotopic (exact) mass is 234 g/mol. The number of benzene rings is 2. The van der Waals surface area contributed by atoms with E-state index in [2.05, 4.69) is 69.0 Å². The van der Waals surface area contributed by atoms with Crippen LogP contribution in [0, 0.1) is 6.92 Å². The van der Waals surface area contributed by atoms with Gasteiger partial charge < -0.3 is 0 Å². The molecule has 18 heavy (non-hydrogen) atoms. The molecule has 0 bridgehead atoms. The standard InChI is InChI=1S/C18H18/c1-4-16-11-10-14(2)18(13-16)15(3)12-17-8-6-5-7-9-17/h4-13H,1H2,2-3H3. The molecular weight excluding hydrogens is 216 g/mol. The second kappa shape index (κ2) is 5.50. The number of rotatable bonds is 3. The highest BCUT2D eigenvalue weighted by Crippen LogP contribution is 2.22. The Labute approximate surface area is 109 Å². The molecule has 0 unspecified atom stereocenters. The quantitative estimate of drug-likeness (QED) is 0.640. The fourth-order valence-corrected chi connectivity index (χ4v) is 2.07. The van der Waals surface area contributed by atoms with Gasteiger partial charge in [-0.25, -0.2) is 0 Å². The van der Waals surface area contributed by atoms with Gasteiger partial charge in [0.15, 0.2) is 0 Å². The Kier molecular flexibility index (Phi) is 3.78. The molecule has 0 fully saturated rings. The molecule has 2 aromatic rings. The molecule has 0 atom stereocenters. The van der Waals surface area contributed by atoms with E-state index >= 15 is 0 Å². The second-order valence-electron chi connectivity index (χ2n) is 4.52. The van der Waals surface area contributed by atoms with E-state index in [1.54, 1.807) is 0 Å². The molecule has 0 heterocycles. The SMILES string of the molecule is C=Cc1ccc(C)c(C(C)=Cc2ccccc2)c1. The summed E-state index contributed by atoms with van der Waals surface area (Å²) < 4.78 is 0. The molecular formula is C18H18. The summed E-state index contributed by atoms with van der Waals surface area (Å²) >= 11 is 0. The first-order valence-corrected chi connectivity index (χ1v) is 6.17. The summed E-state index contributed by atoms with van der Waals surface area (Å²) in [5.74, 6) is 0. The highest BCUT2D eigenvalue weighted by atomic mass is 14.1. The van der Waals surface area contributed by atoms with Crippen LogP contribution in [-0.2, 0) is 0 Å². The van der Waals surface area contributed by atoms with Gasteiger partial charge in [0.05, 0.1) is 0 Å². The summed E-state index contributed by atoms with van der Waals surface area (Å²) in [4.78, 5) is 0. The summed E-state index contributed by atoms with van der Waals surface area (Å²) in [6.07, 6.45) is 4.11. The maximum absolute atomic E-state index is 3.83. The Bertz CT molecular complexity index is 574. The third-order valence-corrected chi connectivity index (χ3v) is 3.10. The van der Waals surface area contributed by atoms with Gasteiger partial charge in [0.1, 0.15) is 0 Å². The van der Waals surface area contributed by atoms with Crippen LogP contribution < -0.4 is 0 Å². The predicted octanol–water partition coefficient (Wildman–Crippen LogP) is 5.20. The Morgan fingerprint density at radius 2 is 1.72 bits per heavy atom. The van der Waals surface area contributed by atoms with Gasteiger partial charge in [-0.2, -0.15) is 0 Å². The maximum Gasteiger partial charge on any atom is -0.0192 e. The van der Waals surface area contributed by atoms with E-state index in [-0.39, 0.29) is 0 Å². The van der Waals surface area contributed by atoms with E-state index in [9.17, 15) is 0 Å². The summed E-state index contributed by atoms with van der Waals surface area (Å²) in [6.45, 7) is 8.12. The van der Waals surface area contributed by atoms with Crippen molar-refractivity contribution in [3.8, 4) is 0 Å². The minimum absolute atomic E-state index is 1.16. The van der Waals surface area contributed by atoms with Crippen LogP contribution in [0.25, 0.3) is 17.7 Å². The average molecular weight is 234 g/mol. The topological polar surface area (TPSA) is 0 Å². The molecule has 0 saturated heterocycles. The predicted molar refractivity (Wildman–Crippen MR) is 81.3 cm³/mol. The van der Waals surface area contributed by atoms with E-state index in [4.69, 9.17) is 0 Å². The highest BCUT2D eigenvalue weighted by molar-refractivity contribution is 5.82. The third kappa shape index (κ3) is 2.78. The zero-order valence-electron chi connectivity index (χ0n) is 11.0. The van der Waals surface area contributed by atoms with Gasteiger partial charge in [-0.05, 0) is 47.7 Å². The van der Waals surface area contributed by atoms with Crippen LogP contribution in [-0.4, -0.2) is 0 Å². The van der Waals surface area contributed by atoms with Gasteiger partial charge in [-0.3, -0.25) is 0 Å². The van der Waals surface area contributed by atoms with Crippen molar-refractivity contribution in [1.29, 1.82) is 0 Å². The molecule has 90 valence electrons. The van der Waals surface area contributed by atoms with Gasteiger partial charge in [-0.15, -0.1) is 0 Å². The molecule has 0 aliphatic heterocycles. The van der Waals surface area contributed by atoms with Crippen molar-refractivity contribution < 1.29 is 0 Å². The average Bonchev–Trinajstić information content (AvgIpc) is 2.40. The fourth-order valence-electron chi connectivity index (χ4n) is 2.07. The molecule has 2 aromatic carbocycles. The Morgan fingerprint density at radius 1 is 1.00 bits per heavy atom. The molecule has 0 radical (unpaired) electrons. The zero-order valence-corrected chi connectivity index (χ0v) is 11.0. The Morgan fingerprint density at radius 3 is 2.39 bits per heavy atom. The molecule has 0 aliphatic rings. The lowest BCUT2D eigenvalue weighted by atomic mass is 9.97. The largest absolute Gasteiger partial charge is 0.0985 e. The second-order valence-corrected chi connectivity index (χ2v) is 4.52. The molecule has 0 nitrogen and oxygen atoms in total. The van der Waals surface area contributed by atoms with Crippen LogP contribution in [0.2, 0.25) is 0 Å². The van der Waals surface area contributed by atoms with Crippen LogP contribution in [0.15, 0.2) is 55.1 Å². The third-order valence-electron chi connectivity index (χ3n) is 3.10. The van der Waals surface area contributed by atoms with Crippen molar-refractivity contribution in [2.75, 3.05) is 0 Å².